The number of benzene rings is 2. The molecule has 0 aliphatic heterocycles. The van der Waals surface area contributed by atoms with Gasteiger partial charge in [0, 0.05) is 17.3 Å². The van der Waals surface area contributed by atoms with Gasteiger partial charge in [0.15, 0.2) is 11.5 Å². The SMILES string of the molecule is Cc1cccc(CNC(=O)c2ccc(Nc3ccc(Cl)cc3)nn2)c1. The Labute approximate surface area is 151 Å². The molecule has 0 aliphatic rings. The van der Waals surface area contributed by atoms with Crippen LogP contribution in [-0.2, 0) is 6.54 Å². The number of aromatic nitrogens is 2. The Kier molecular flexibility index (Phi) is 5.26. The van der Waals surface area contributed by atoms with Gasteiger partial charge in [0.05, 0.1) is 0 Å². The Morgan fingerprint density at radius 1 is 1.04 bits per heavy atom. The smallest absolute Gasteiger partial charge is 0.272 e. The van der Waals surface area contributed by atoms with E-state index in [9.17, 15) is 4.79 Å². The van der Waals surface area contributed by atoms with Gasteiger partial charge in [0.25, 0.3) is 5.91 Å². The average molecular weight is 353 g/mol. The molecule has 3 rings (SSSR count). The predicted molar refractivity (Wildman–Crippen MR) is 99.1 cm³/mol. The molecule has 5 nitrogen and oxygen atoms in total. The zero-order valence-corrected chi connectivity index (χ0v) is 14.4. The van der Waals surface area contributed by atoms with Crippen molar-refractivity contribution in [3.8, 4) is 0 Å². The normalized spacial score (nSPS) is 10.3. The number of nitrogens with one attached hydrogen (secondary N) is 2. The van der Waals surface area contributed by atoms with Crippen molar-refractivity contribution in [3.63, 3.8) is 0 Å². The first-order chi connectivity index (χ1) is 12.1. The summed E-state index contributed by atoms with van der Waals surface area (Å²) in [6.07, 6.45) is 0. The molecule has 0 bridgehead atoms. The average Bonchev–Trinajstić information content (AvgIpc) is 2.62. The molecular formula is C19H17ClN4O. The summed E-state index contributed by atoms with van der Waals surface area (Å²) in [6, 6.07) is 18.6. The first kappa shape index (κ1) is 16.9. The van der Waals surface area contributed by atoms with Crippen LogP contribution in [0, 0.1) is 6.92 Å². The Bertz CT molecular complexity index is 863. The zero-order valence-electron chi connectivity index (χ0n) is 13.7. The van der Waals surface area contributed by atoms with Crippen LogP contribution in [0.2, 0.25) is 5.02 Å². The van der Waals surface area contributed by atoms with Gasteiger partial charge < -0.3 is 10.6 Å². The highest BCUT2D eigenvalue weighted by Crippen LogP contribution is 2.17. The summed E-state index contributed by atoms with van der Waals surface area (Å²) < 4.78 is 0. The number of hydrogen-bond donors (Lipinski definition) is 2. The van der Waals surface area contributed by atoms with Crippen molar-refractivity contribution < 1.29 is 4.79 Å². The van der Waals surface area contributed by atoms with E-state index in [1.54, 1.807) is 24.3 Å². The molecular weight excluding hydrogens is 336 g/mol. The molecule has 0 radical (unpaired) electrons. The number of rotatable bonds is 5. The molecule has 1 heterocycles. The summed E-state index contributed by atoms with van der Waals surface area (Å²) in [5.41, 5.74) is 3.32. The van der Waals surface area contributed by atoms with Crippen LogP contribution in [-0.4, -0.2) is 16.1 Å². The largest absolute Gasteiger partial charge is 0.347 e. The number of carbonyl (C=O) groups is 1. The van der Waals surface area contributed by atoms with Gasteiger partial charge in [-0.1, -0.05) is 41.4 Å². The van der Waals surface area contributed by atoms with Crippen molar-refractivity contribution in [2.45, 2.75) is 13.5 Å². The van der Waals surface area contributed by atoms with E-state index in [1.165, 1.54) is 0 Å². The first-order valence-electron chi connectivity index (χ1n) is 7.80. The molecule has 0 saturated carbocycles. The molecule has 3 aromatic rings. The Hall–Kier alpha value is -2.92. The zero-order chi connectivity index (χ0) is 17.6. The minimum atomic E-state index is -0.257. The van der Waals surface area contributed by atoms with Crippen molar-refractivity contribution in [2.75, 3.05) is 5.32 Å². The van der Waals surface area contributed by atoms with Crippen molar-refractivity contribution in [3.05, 3.63) is 82.5 Å². The predicted octanol–water partition coefficient (Wildman–Crippen LogP) is 4.11. The summed E-state index contributed by atoms with van der Waals surface area (Å²) in [6.45, 7) is 2.47. The third kappa shape index (κ3) is 4.78. The van der Waals surface area contributed by atoms with E-state index in [0.29, 0.717) is 17.4 Å². The lowest BCUT2D eigenvalue weighted by molar-refractivity contribution is 0.0945. The van der Waals surface area contributed by atoms with Crippen LogP contribution in [0.5, 0.6) is 0 Å². The standard InChI is InChI=1S/C19H17ClN4O/c1-13-3-2-4-14(11-13)12-21-19(25)17-9-10-18(24-23-17)22-16-7-5-15(20)6-8-16/h2-11H,12H2,1H3,(H,21,25)(H,22,24). The molecule has 1 amide bonds. The summed E-state index contributed by atoms with van der Waals surface area (Å²) in [7, 11) is 0. The molecule has 25 heavy (non-hydrogen) atoms. The molecule has 6 heteroatoms. The fourth-order valence-electron chi connectivity index (χ4n) is 2.30. The van der Waals surface area contributed by atoms with Gasteiger partial charge in [-0.15, -0.1) is 10.2 Å². The highest BCUT2D eigenvalue weighted by Gasteiger charge is 2.08. The van der Waals surface area contributed by atoms with E-state index in [-0.39, 0.29) is 11.6 Å². The molecule has 2 N–H and O–H groups in total. The number of hydrogen-bond acceptors (Lipinski definition) is 4. The van der Waals surface area contributed by atoms with Crippen molar-refractivity contribution in [1.29, 1.82) is 0 Å². The van der Waals surface area contributed by atoms with Gasteiger partial charge in [0.1, 0.15) is 0 Å². The number of aryl methyl sites for hydroxylation is 1. The van der Waals surface area contributed by atoms with Crippen molar-refractivity contribution in [1.82, 2.24) is 15.5 Å². The minimum Gasteiger partial charge on any atom is -0.347 e. The maximum atomic E-state index is 12.2. The van der Waals surface area contributed by atoms with Crippen LogP contribution < -0.4 is 10.6 Å². The van der Waals surface area contributed by atoms with Gasteiger partial charge in [-0.05, 0) is 48.9 Å². The molecule has 0 atom stereocenters. The Morgan fingerprint density at radius 2 is 1.84 bits per heavy atom. The molecule has 0 fully saturated rings. The third-order valence-corrected chi connectivity index (χ3v) is 3.80. The number of amides is 1. The number of carbonyl (C=O) groups excluding carboxylic acids is 1. The lowest BCUT2D eigenvalue weighted by Gasteiger charge is -2.07. The molecule has 2 aromatic carbocycles. The lowest BCUT2D eigenvalue weighted by Crippen LogP contribution is -2.24. The van der Waals surface area contributed by atoms with E-state index in [2.05, 4.69) is 20.8 Å². The Balaban J connectivity index is 1.59. The van der Waals surface area contributed by atoms with Crippen LogP contribution in [0.15, 0.2) is 60.7 Å². The maximum absolute atomic E-state index is 12.2. The molecule has 0 unspecified atom stereocenters. The summed E-state index contributed by atoms with van der Waals surface area (Å²) in [4.78, 5) is 12.2. The second-order valence-corrected chi connectivity index (χ2v) is 6.04. The number of nitrogens with zero attached hydrogens (tertiary/aromatic N) is 2. The van der Waals surface area contributed by atoms with Crippen LogP contribution in [0.4, 0.5) is 11.5 Å². The minimum absolute atomic E-state index is 0.257. The van der Waals surface area contributed by atoms with Crippen LogP contribution in [0.1, 0.15) is 21.6 Å². The second-order valence-electron chi connectivity index (χ2n) is 5.61. The van der Waals surface area contributed by atoms with Gasteiger partial charge in [0.2, 0.25) is 0 Å². The van der Waals surface area contributed by atoms with Gasteiger partial charge in [-0.2, -0.15) is 0 Å². The van der Waals surface area contributed by atoms with E-state index in [4.69, 9.17) is 11.6 Å². The van der Waals surface area contributed by atoms with Crippen LogP contribution in [0.3, 0.4) is 0 Å². The van der Waals surface area contributed by atoms with E-state index < -0.39 is 0 Å². The Morgan fingerprint density at radius 3 is 2.52 bits per heavy atom. The molecule has 0 spiro atoms. The fraction of sp³-hybridized carbons (Fsp3) is 0.105. The summed E-state index contributed by atoms with van der Waals surface area (Å²) in [5, 5.41) is 14.6. The molecule has 0 aliphatic carbocycles. The summed E-state index contributed by atoms with van der Waals surface area (Å²) >= 11 is 5.85. The van der Waals surface area contributed by atoms with E-state index in [0.717, 1.165) is 16.8 Å². The number of anilines is 2. The number of halogens is 1. The first-order valence-corrected chi connectivity index (χ1v) is 8.18. The molecule has 1 aromatic heterocycles. The molecule has 126 valence electrons. The van der Waals surface area contributed by atoms with Crippen molar-refractivity contribution in [2.24, 2.45) is 0 Å². The topological polar surface area (TPSA) is 66.9 Å². The molecule has 0 saturated heterocycles. The second kappa shape index (κ2) is 7.77. The quantitative estimate of drug-likeness (QED) is 0.725. The van der Waals surface area contributed by atoms with Crippen LogP contribution in [0.25, 0.3) is 0 Å². The summed E-state index contributed by atoms with van der Waals surface area (Å²) in [5.74, 6) is 0.296. The van der Waals surface area contributed by atoms with E-state index >= 15 is 0 Å². The van der Waals surface area contributed by atoms with Crippen molar-refractivity contribution >= 4 is 29.0 Å². The van der Waals surface area contributed by atoms with Crippen LogP contribution >= 0.6 is 11.6 Å². The highest BCUT2D eigenvalue weighted by atomic mass is 35.5. The third-order valence-electron chi connectivity index (χ3n) is 3.55. The lowest BCUT2D eigenvalue weighted by atomic mass is 10.1. The van der Waals surface area contributed by atoms with E-state index in [1.807, 2.05) is 43.3 Å². The maximum Gasteiger partial charge on any atom is 0.272 e. The fourth-order valence-corrected chi connectivity index (χ4v) is 2.42. The highest BCUT2D eigenvalue weighted by molar-refractivity contribution is 6.30. The van der Waals surface area contributed by atoms with Gasteiger partial charge >= 0.3 is 0 Å². The van der Waals surface area contributed by atoms with Gasteiger partial charge in [-0.25, -0.2) is 0 Å². The van der Waals surface area contributed by atoms with Gasteiger partial charge in [-0.3, -0.25) is 4.79 Å². The monoisotopic (exact) mass is 352 g/mol.